The Morgan fingerprint density at radius 2 is 1.60 bits per heavy atom. The lowest BCUT2D eigenvalue weighted by atomic mass is 10.0. The van der Waals surface area contributed by atoms with Gasteiger partial charge < -0.3 is 10.2 Å². The molecule has 126 valence electrons. The molecule has 3 aromatic rings. The Balaban J connectivity index is 1.71. The van der Waals surface area contributed by atoms with Gasteiger partial charge in [-0.2, -0.15) is 0 Å². The zero-order chi connectivity index (χ0) is 17.8. The van der Waals surface area contributed by atoms with Gasteiger partial charge in [0, 0.05) is 31.0 Å². The predicted octanol–water partition coefficient (Wildman–Crippen LogP) is 4.03. The van der Waals surface area contributed by atoms with Crippen LogP contribution in [0.3, 0.4) is 0 Å². The summed E-state index contributed by atoms with van der Waals surface area (Å²) in [6, 6.07) is 21.2. The zero-order valence-corrected chi connectivity index (χ0v) is 14.9. The number of benzene rings is 3. The molecule has 0 saturated carbocycles. The zero-order valence-electron chi connectivity index (χ0n) is 14.1. The highest BCUT2D eigenvalue weighted by atomic mass is 32.1. The summed E-state index contributed by atoms with van der Waals surface area (Å²) in [5.74, 6) is -0.223. The molecule has 0 aliphatic carbocycles. The van der Waals surface area contributed by atoms with Gasteiger partial charge in [-0.25, -0.2) is 0 Å². The van der Waals surface area contributed by atoms with E-state index in [1.165, 1.54) is 0 Å². The number of amides is 1. The van der Waals surface area contributed by atoms with Crippen LogP contribution in [0.25, 0.3) is 10.8 Å². The van der Waals surface area contributed by atoms with E-state index in [1.54, 1.807) is 6.07 Å². The molecule has 2 N–H and O–H groups in total. The second-order valence-corrected chi connectivity index (χ2v) is 6.28. The van der Waals surface area contributed by atoms with E-state index in [9.17, 15) is 4.79 Å². The van der Waals surface area contributed by atoms with Crippen molar-refractivity contribution in [1.82, 2.24) is 5.32 Å². The fraction of sp³-hybridized carbons (Fsp3) is 0.100. The average molecular weight is 349 g/mol. The van der Waals surface area contributed by atoms with Crippen LogP contribution in [0.1, 0.15) is 10.4 Å². The molecule has 0 spiro atoms. The van der Waals surface area contributed by atoms with Crippen LogP contribution in [0, 0.1) is 0 Å². The summed E-state index contributed by atoms with van der Waals surface area (Å²) < 4.78 is 0. The van der Waals surface area contributed by atoms with Crippen molar-refractivity contribution >= 4 is 45.4 Å². The van der Waals surface area contributed by atoms with Gasteiger partial charge in [0.1, 0.15) is 0 Å². The van der Waals surface area contributed by atoms with Gasteiger partial charge in [-0.1, -0.05) is 36.4 Å². The molecule has 1 amide bonds. The van der Waals surface area contributed by atoms with Crippen LogP contribution < -0.4 is 15.5 Å². The van der Waals surface area contributed by atoms with Crippen molar-refractivity contribution in [3.63, 3.8) is 0 Å². The van der Waals surface area contributed by atoms with Crippen molar-refractivity contribution in [2.45, 2.75) is 0 Å². The number of fused-ring (bicyclic) bond motifs is 1. The third kappa shape index (κ3) is 3.95. The first-order chi connectivity index (χ1) is 12.0. The van der Waals surface area contributed by atoms with Crippen LogP contribution in [-0.2, 0) is 0 Å². The van der Waals surface area contributed by atoms with E-state index in [4.69, 9.17) is 12.2 Å². The maximum Gasteiger partial charge on any atom is 0.258 e. The Bertz CT molecular complexity index is 914. The van der Waals surface area contributed by atoms with E-state index >= 15 is 0 Å². The van der Waals surface area contributed by atoms with Gasteiger partial charge in [0.05, 0.1) is 0 Å². The number of carbonyl (C=O) groups excluding carboxylic acids is 1. The number of anilines is 2. The molecule has 0 atom stereocenters. The molecule has 0 bridgehead atoms. The van der Waals surface area contributed by atoms with Gasteiger partial charge >= 0.3 is 0 Å². The monoisotopic (exact) mass is 349 g/mol. The lowest BCUT2D eigenvalue weighted by Gasteiger charge is -2.14. The minimum absolute atomic E-state index is 0.223. The van der Waals surface area contributed by atoms with E-state index in [0.717, 1.165) is 22.1 Å². The molecule has 0 heterocycles. The molecule has 4 nitrogen and oxygen atoms in total. The van der Waals surface area contributed by atoms with Crippen LogP contribution in [0.15, 0.2) is 66.7 Å². The summed E-state index contributed by atoms with van der Waals surface area (Å²) in [6.45, 7) is 0. The molecule has 5 heteroatoms. The minimum Gasteiger partial charge on any atom is -0.378 e. The lowest BCUT2D eigenvalue weighted by Crippen LogP contribution is -2.34. The summed E-state index contributed by atoms with van der Waals surface area (Å²) in [5, 5.41) is 7.98. The Hall–Kier alpha value is -2.92. The molecule has 0 fully saturated rings. The van der Waals surface area contributed by atoms with Gasteiger partial charge in [-0.3, -0.25) is 10.1 Å². The van der Waals surface area contributed by atoms with E-state index in [2.05, 4.69) is 10.6 Å². The highest BCUT2D eigenvalue weighted by Gasteiger charge is 2.11. The van der Waals surface area contributed by atoms with Crippen LogP contribution in [0.4, 0.5) is 11.4 Å². The Morgan fingerprint density at radius 1 is 0.920 bits per heavy atom. The predicted molar refractivity (Wildman–Crippen MR) is 108 cm³/mol. The first-order valence-electron chi connectivity index (χ1n) is 7.92. The molecule has 0 aromatic heterocycles. The fourth-order valence-electron chi connectivity index (χ4n) is 2.60. The van der Waals surface area contributed by atoms with Crippen molar-refractivity contribution in [3.8, 4) is 0 Å². The molecule has 0 unspecified atom stereocenters. The minimum atomic E-state index is -0.223. The van der Waals surface area contributed by atoms with Crippen molar-refractivity contribution in [2.24, 2.45) is 0 Å². The molecule has 0 aliphatic rings. The standard InChI is InChI=1S/C20H19N3OS/c1-23(2)16-12-10-15(11-13-16)21-20(25)22-19(24)18-9-5-7-14-6-3-4-8-17(14)18/h3-13H,1-2H3,(H2,21,22,24,25). The quantitative estimate of drug-likeness (QED) is 0.701. The van der Waals surface area contributed by atoms with E-state index < -0.39 is 0 Å². The normalized spacial score (nSPS) is 10.3. The molecule has 25 heavy (non-hydrogen) atoms. The molecular weight excluding hydrogens is 330 g/mol. The number of hydrogen-bond acceptors (Lipinski definition) is 3. The second kappa shape index (κ2) is 7.32. The summed E-state index contributed by atoms with van der Waals surface area (Å²) >= 11 is 5.27. The van der Waals surface area contributed by atoms with Gasteiger partial charge in [0.25, 0.3) is 5.91 Å². The molecular formula is C20H19N3OS. The molecule has 0 aliphatic heterocycles. The molecule has 3 aromatic carbocycles. The van der Waals surface area contributed by atoms with E-state index in [-0.39, 0.29) is 11.0 Å². The first-order valence-corrected chi connectivity index (χ1v) is 8.33. The number of thiocarbonyl (C=S) groups is 1. The SMILES string of the molecule is CN(C)c1ccc(NC(=S)NC(=O)c2cccc3ccccc23)cc1. The van der Waals surface area contributed by atoms with Crippen LogP contribution in [0.5, 0.6) is 0 Å². The number of hydrogen-bond donors (Lipinski definition) is 2. The maximum absolute atomic E-state index is 12.6. The Kier molecular flexibility index (Phi) is 4.95. The van der Waals surface area contributed by atoms with Gasteiger partial charge in [0.2, 0.25) is 0 Å². The van der Waals surface area contributed by atoms with Crippen molar-refractivity contribution in [2.75, 3.05) is 24.3 Å². The topological polar surface area (TPSA) is 44.4 Å². The fourth-order valence-corrected chi connectivity index (χ4v) is 2.81. The second-order valence-electron chi connectivity index (χ2n) is 5.88. The number of rotatable bonds is 3. The first kappa shape index (κ1) is 16.9. The third-order valence-electron chi connectivity index (χ3n) is 3.90. The number of nitrogens with zero attached hydrogens (tertiary/aromatic N) is 1. The smallest absolute Gasteiger partial charge is 0.258 e. The summed E-state index contributed by atoms with van der Waals surface area (Å²) in [7, 11) is 3.97. The summed E-state index contributed by atoms with van der Waals surface area (Å²) in [6.07, 6.45) is 0. The number of carbonyl (C=O) groups is 1. The van der Waals surface area contributed by atoms with Crippen molar-refractivity contribution < 1.29 is 4.79 Å². The number of nitrogens with one attached hydrogen (secondary N) is 2. The molecule has 0 radical (unpaired) electrons. The largest absolute Gasteiger partial charge is 0.378 e. The van der Waals surface area contributed by atoms with E-state index in [0.29, 0.717) is 5.56 Å². The Labute approximate surface area is 152 Å². The van der Waals surface area contributed by atoms with Crippen molar-refractivity contribution in [3.05, 3.63) is 72.3 Å². The van der Waals surface area contributed by atoms with Crippen LogP contribution >= 0.6 is 12.2 Å². The van der Waals surface area contributed by atoms with E-state index in [1.807, 2.05) is 79.7 Å². The average Bonchev–Trinajstić information content (AvgIpc) is 2.61. The summed E-state index contributed by atoms with van der Waals surface area (Å²) in [4.78, 5) is 14.6. The van der Waals surface area contributed by atoms with Gasteiger partial charge in [-0.15, -0.1) is 0 Å². The maximum atomic E-state index is 12.6. The highest BCUT2D eigenvalue weighted by molar-refractivity contribution is 7.80. The van der Waals surface area contributed by atoms with Gasteiger partial charge in [0.15, 0.2) is 5.11 Å². The third-order valence-corrected chi connectivity index (χ3v) is 4.11. The Morgan fingerprint density at radius 3 is 2.32 bits per heavy atom. The van der Waals surface area contributed by atoms with Crippen LogP contribution in [0.2, 0.25) is 0 Å². The van der Waals surface area contributed by atoms with Crippen LogP contribution in [-0.4, -0.2) is 25.1 Å². The molecule has 3 rings (SSSR count). The van der Waals surface area contributed by atoms with Gasteiger partial charge in [-0.05, 0) is 53.3 Å². The lowest BCUT2D eigenvalue weighted by molar-refractivity contribution is 0.0979. The highest BCUT2D eigenvalue weighted by Crippen LogP contribution is 2.19. The molecule has 0 saturated heterocycles. The van der Waals surface area contributed by atoms with Crippen molar-refractivity contribution in [1.29, 1.82) is 0 Å². The summed E-state index contributed by atoms with van der Waals surface area (Å²) in [5.41, 5.74) is 2.52.